The monoisotopic (exact) mass is 958 g/mol. The smallest absolute Gasteiger partial charge is 0.0620 e. The Hall–Kier alpha value is 4.76. The summed E-state index contributed by atoms with van der Waals surface area (Å²) in [6.45, 7) is 8.69. The summed E-state index contributed by atoms with van der Waals surface area (Å²) in [6, 6.07) is 0. The number of hydrogen-bond acceptors (Lipinski definition) is 3. The summed E-state index contributed by atoms with van der Waals surface area (Å²) in [4.78, 5) is 0. The molecule has 1 N–H and O–H groups in total. The Bertz CT molecular complexity index is 1700. The molecule has 0 amide bonds. The van der Waals surface area contributed by atoms with Gasteiger partial charge in [-0.2, -0.15) is 0 Å². The lowest BCUT2D eigenvalue weighted by molar-refractivity contribution is 0.00617. The summed E-state index contributed by atoms with van der Waals surface area (Å²) in [5.74, 6) is 1.97. The van der Waals surface area contributed by atoms with E-state index in [9.17, 15) is 5.11 Å². The van der Waals surface area contributed by atoms with Crippen LogP contribution >= 0.6 is 0 Å². The maximum atomic E-state index is 10.2. The van der Waals surface area contributed by atoms with Crippen LogP contribution in [0.2, 0.25) is 0 Å². The zero-order valence-electron chi connectivity index (χ0n) is 20.6. The highest BCUT2D eigenvalue weighted by molar-refractivity contribution is 8.78. The maximum absolute atomic E-state index is 10.2. The van der Waals surface area contributed by atoms with E-state index in [1.165, 1.54) is 49.9 Å². The molecule has 230 valence electrons. The Kier molecular flexibility index (Phi) is 29.8. The van der Waals surface area contributed by atoms with Crippen molar-refractivity contribution in [3.8, 4) is 0 Å². The predicted molar refractivity (Wildman–Crippen MR) is 238 cm³/mol. The molecule has 0 heterocycles. The van der Waals surface area contributed by atoms with Gasteiger partial charge in [-0.25, -0.2) is 0 Å². The van der Waals surface area contributed by atoms with E-state index in [1.54, 1.807) is 153 Å². The van der Waals surface area contributed by atoms with Gasteiger partial charge in [0.05, 0.1) is 5.60 Å². The van der Waals surface area contributed by atoms with Crippen molar-refractivity contribution in [3.05, 3.63) is 11.1 Å². The van der Waals surface area contributed by atoms with Gasteiger partial charge in [0.2, 0.25) is 0 Å². The van der Waals surface area contributed by atoms with Crippen molar-refractivity contribution in [2.24, 2.45) is 17.8 Å². The Morgan fingerprint density at radius 3 is 1.18 bits per heavy atom. The second kappa shape index (κ2) is 27.8. The lowest BCUT2D eigenvalue weighted by Gasteiger charge is -2.30. The van der Waals surface area contributed by atoms with E-state index in [4.69, 9.17) is 22.4 Å². The van der Waals surface area contributed by atoms with Crippen molar-refractivity contribution in [3.63, 3.8) is 0 Å². The van der Waals surface area contributed by atoms with Gasteiger partial charge in [0.15, 0.2) is 0 Å². The van der Waals surface area contributed by atoms with Gasteiger partial charge < -0.3 is 5.11 Å². The topological polar surface area (TPSA) is 20.2 Å². The van der Waals surface area contributed by atoms with E-state index in [-0.39, 0.29) is 0 Å². The largest absolute Gasteiger partial charge is 0.390 e. The molecule has 0 spiro atoms. The molecule has 2 aliphatic carbocycles. The minimum atomic E-state index is -0.503. The maximum Gasteiger partial charge on any atom is 0.0620 e. The number of hydrogen-bond donors (Lipinski definition) is 1. The van der Waals surface area contributed by atoms with Gasteiger partial charge in [0.25, 0.3) is 0 Å². The van der Waals surface area contributed by atoms with Crippen LogP contribution in [0.3, 0.4) is 0 Å². The molecule has 2 rings (SSSR count). The van der Waals surface area contributed by atoms with Crippen LogP contribution in [0, 0.1) is 17.8 Å². The van der Waals surface area contributed by atoms with Gasteiger partial charge in [-0.15, -0.1) is 0 Å². The molecule has 0 saturated heterocycles. The van der Waals surface area contributed by atoms with E-state index in [2.05, 4.69) is 13.8 Å². The third-order valence-corrected chi connectivity index (χ3v) is 49.8. The highest BCUT2D eigenvalue weighted by Gasteiger charge is 2.35. The molecule has 0 unspecified atom stereocenters. The minimum Gasteiger partial charge on any atom is -0.390 e. The van der Waals surface area contributed by atoms with Crippen LogP contribution < -0.4 is 0 Å². The predicted octanol–water partition coefficient (Wildman–Crippen LogP) is 3.86. The Morgan fingerprint density at radius 1 is 0.538 bits per heavy atom. The summed E-state index contributed by atoms with van der Waals surface area (Å²) >= 11 is 9.54. The van der Waals surface area contributed by atoms with E-state index >= 15 is 0 Å². The van der Waals surface area contributed by atoms with Crippen molar-refractivity contribution in [1.82, 2.24) is 0 Å². The fourth-order valence-corrected chi connectivity index (χ4v) is 56.0. The van der Waals surface area contributed by atoms with Crippen LogP contribution in [0.1, 0.15) is 59.8 Å². The first-order chi connectivity index (χ1) is 18.8. The minimum absolute atomic E-state index is 0.472. The van der Waals surface area contributed by atoms with Crippen LogP contribution in [-0.4, -0.2) is 10.7 Å². The Balaban J connectivity index is 0.000000412. The second-order valence-corrected chi connectivity index (χ2v) is 45.1. The molecule has 0 fully saturated rings. The zero-order valence-corrected chi connectivity index (χ0v) is 39.4. The van der Waals surface area contributed by atoms with E-state index in [1.807, 2.05) is 40.5 Å². The zero-order chi connectivity index (χ0) is 28.8. The van der Waals surface area contributed by atoms with Crippen LogP contribution in [0.4, 0.5) is 0 Å². The molecule has 24 heteroatoms. The van der Waals surface area contributed by atoms with E-state index < -0.39 is 5.60 Å². The number of allylic oxidation sites excluding steroid dienone is 2. The van der Waals surface area contributed by atoms with Crippen LogP contribution in [0.25, 0.3) is 0 Å². The molecular formula is C15H26OS23. The first-order valence-corrected chi connectivity index (χ1v) is 39.8. The van der Waals surface area contributed by atoms with Gasteiger partial charge >= 0.3 is 0 Å². The standard InChI is InChI=1S/C15H26O.S23/c1-10-5-7-14-11(2)9-12(15(3,4)16)6-8-13(10)14;1-3-5-7-9-11-13-15-17-19-21-23-22-20-18-16-14-12-10-8-6-4-2/h10-12,16H,5-9H2,1-4H3;/t10-,11-,12-;/m0./s1. The first-order valence-electron chi connectivity index (χ1n) is 10.5. The van der Waals surface area contributed by atoms with Crippen molar-refractivity contribution < 1.29 is 5.11 Å². The first kappa shape index (κ1) is 41.8. The fraction of sp³-hybridized carbons (Fsp3) is 0.867. The highest BCUT2D eigenvalue weighted by Crippen LogP contribution is 2.45. The molecule has 0 aromatic carbocycles. The Labute approximate surface area is 302 Å². The normalized spacial score (nSPS) is 19.3. The van der Waals surface area contributed by atoms with Crippen LogP contribution in [-0.2, 0) is 209 Å². The lowest BCUT2D eigenvalue weighted by Crippen LogP contribution is -2.31. The molecular weight excluding hydrogens is 934 g/mol. The average molecular weight is 960 g/mol. The summed E-state index contributed by atoms with van der Waals surface area (Å²) in [6.07, 6.45) is 6.26. The second-order valence-electron chi connectivity index (χ2n) is 7.95. The van der Waals surface area contributed by atoms with Crippen molar-refractivity contribution in [2.75, 3.05) is 0 Å². The molecule has 0 aliphatic heterocycles. The van der Waals surface area contributed by atoms with E-state index in [0.717, 1.165) is 5.92 Å². The van der Waals surface area contributed by atoms with Crippen LogP contribution in [0.15, 0.2) is 11.1 Å². The summed E-state index contributed by atoms with van der Waals surface area (Å²) < 4.78 is 0. The highest BCUT2D eigenvalue weighted by atomic mass is 33.5. The quantitative estimate of drug-likeness (QED) is 0.404. The van der Waals surface area contributed by atoms with Gasteiger partial charge in [-0.3, -0.25) is 0 Å². The van der Waals surface area contributed by atoms with Gasteiger partial charge in [-0.05, 0) is 63.7 Å². The lowest BCUT2D eigenvalue weighted by atomic mass is 9.80. The summed E-state index contributed by atoms with van der Waals surface area (Å²) in [7, 11) is 36.3. The van der Waals surface area contributed by atoms with E-state index in [0.29, 0.717) is 11.8 Å². The van der Waals surface area contributed by atoms with Crippen LogP contribution in [0.5, 0.6) is 0 Å². The molecule has 0 aromatic rings. The molecule has 39 heavy (non-hydrogen) atoms. The van der Waals surface area contributed by atoms with Crippen molar-refractivity contribution >= 4 is 209 Å². The van der Waals surface area contributed by atoms with Gasteiger partial charge in [0, 0.05) is 209 Å². The molecule has 1 nitrogen and oxygen atoms in total. The summed E-state index contributed by atoms with van der Waals surface area (Å²) in [5.41, 5.74) is 2.97. The SMILES string of the molecule is C[C@H]1CCC2=C1CC[C@H](C(C)(C)O)C[C@@H]2C.S=S=S=S=S=S=S=S=S=S=S=S=S=S=S=S=S=S=S=S=S=S=S. The Morgan fingerprint density at radius 2 is 0.846 bits per heavy atom. The molecule has 3 atom stereocenters. The van der Waals surface area contributed by atoms with Gasteiger partial charge in [0.1, 0.15) is 0 Å². The van der Waals surface area contributed by atoms with Crippen molar-refractivity contribution in [1.29, 1.82) is 0 Å². The molecule has 0 radical (unpaired) electrons. The fourth-order valence-electron chi connectivity index (χ4n) is 3.87. The molecule has 0 aromatic heterocycles. The summed E-state index contributed by atoms with van der Waals surface area (Å²) in [5, 5.41) is 10.2. The molecule has 0 saturated carbocycles. The number of aliphatic hydroxyl groups is 1. The van der Waals surface area contributed by atoms with Crippen molar-refractivity contribution in [2.45, 2.75) is 65.4 Å². The third kappa shape index (κ3) is 22.1. The molecule has 2 aliphatic rings. The number of rotatable bonds is 1. The van der Waals surface area contributed by atoms with Gasteiger partial charge in [-0.1, -0.05) is 25.0 Å². The molecule has 0 bridgehead atoms. The average Bonchev–Trinajstić information content (AvgIpc) is 3.17. The third-order valence-electron chi connectivity index (χ3n) is 5.40.